The van der Waals surface area contributed by atoms with Gasteiger partial charge in [-0.05, 0) is 12.1 Å². The van der Waals surface area contributed by atoms with E-state index in [9.17, 15) is 4.79 Å². The first-order chi connectivity index (χ1) is 6.13. The monoisotopic (exact) mass is 183 g/mol. The van der Waals surface area contributed by atoms with Crippen LogP contribution in [0, 0.1) is 0 Å². The molecule has 0 bridgehead atoms. The molecule has 0 aromatic heterocycles. The van der Waals surface area contributed by atoms with Crippen LogP contribution in [-0.4, -0.2) is 23.2 Å². The number of phenols is 2. The van der Waals surface area contributed by atoms with Gasteiger partial charge in [-0.25, -0.2) is 5.48 Å². The molecular weight excluding hydrogens is 174 g/mol. The normalized spacial score (nSPS) is 9.62. The first kappa shape index (κ1) is 9.34. The van der Waals surface area contributed by atoms with Gasteiger partial charge in [0.05, 0.1) is 7.11 Å². The van der Waals surface area contributed by atoms with Crippen LogP contribution in [0.15, 0.2) is 18.2 Å². The number of nitrogens with one attached hydrogen (secondary N) is 1. The first-order valence-electron chi connectivity index (χ1n) is 3.50. The zero-order valence-corrected chi connectivity index (χ0v) is 6.94. The smallest absolute Gasteiger partial charge is 0.275 e. The van der Waals surface area contributed by atoms with E-state index in [1.807, 2.05) is 0 Å². The van der Waals surface area contributed by atoms with Crippen LogP contribution < -0.4 is 5.48 Å². The lowest BCUT2D eigenvalue weighted by Crippen LogP contribution is -2.21. The largest absolute Gasteiger partial charge is 0.508 e. The van der Waals surface area contributed by atoms with Crippen molar-refractivity contribution in [2.75, 3.05) is 7.11 Å². The van der Waals surface area contributed by atoms with Crippen LogP contribution in [0.2, 0.25) is 0 Å². The van der Waals surface area contributed by atoms with Crippen molar-refractivity contribution >= 4 is 5.91 Å². The Morgan fingerprint density at radius 2 is 1.85 bits per heavy atom. The van der Waals surface area contributed by atoms with Crippen molar-refractivity contribution in [2.45, 2.75) is 0 Å². The second-order valence-corrected chi connectivity index (χ2v) is 2.37. The molecule has 0 saturated heterocycles. The summed E-state index contributed by atoms with van der Waals surface area (Å²) in [7, 11) is 1.29. The molecule has 5 heteroatoms. The van der Waals surface area contributed by atoms with Gasteiger partial charge in [-0.1, -0.05) is 0 Å². The molecule has 0 saturated carbocycles. The van der Waals surface area contributed by atoms with E-state index in [4.69, 9.17) is 10.2 Å². The van der Waals surface area contributed by atoms with Crippen molar-refractivity contribution in [3.8, 4) is 11.5 Å². The van der Waals surface area contributed by atoms with E-state index in [1.165, 1.54) is 19.2 Å². The Morgan fingerprint density at radius 3 is 2.31 bits per heavy atom. The Hall–Kier alpha value is -1.75. The molecule has 0 aliphatic carbocycles. The molecule has 3 N–H and O–H groups in total. The van der Waals surface area contributed by atoms with E-state index >= 15 is 0 Å². The summed E-state index contributed by atoms with van der Waals surface area (Å²) >= 11 is 0. The minimum Gasteiger partial charge on any atom is -0.508 e. The Kier molecular flexibility index (Phi) is 2.71. The number of hydrogen-bond acceptors (Lipinski definition) is 4. The molecule has 1 amide bonds. The van der Waals surface area contributed by atoms with E-state index in [1.54, 1.807) is 0 Å². The highest BCUT2D eigenvalue weighted by molar-refractivity contribution is 5.94. The Labute approximate surface area is 74.5 Å². The molecular formula is C8H9NO4. The molecule has 1 rings (SSSR count). The first-order valence-corrected chi connectivity index (χ1v) is 3.50. The van der Waals surface area contributed by atoms with Gasteiger partial charge in [0.25, 0.3) is 5.91 Å². The number of benzene rings is 1. The number of hydroxylamine groups is 1. The molecule has 0 heterocycles. The van der Waals surface area contributed by atoms with Crippen LogP contribution in [0.3, 0.4) is 0 Å². The third kappa shape index (κ3) is 2.34. The van der Waals surface area contributed by atoms with Crippen molar-refractivity contribution < 1.29 is 19.8 Å². The molecule has 0 aliphatic heterocycles. The van der Waals surface area contributed by atoms with Crippen molar-refractivity contribution in [2.24, 2.45) is 0 Å². The lowest BCUT2D eigenvalue weighted by atomic mass is 10.2. The third-order valence-electron chi connectivity index (χ3n) is 1.36. The number of amides is 1. The number of hydrogen-bond donors (Lipinski definition) is 3. The summed E-state index contributed by atoms with van der Waals surface area (Å²) in [5.74, 6) is -0.892. The molecule has 0 radical (unpaired) electrons. The van der Waals surface area contributed by atoms with E-state index < -0.39 is 5.91 Å². The molecule has 13 heavy (non-hydrogen) atoms. The number of carbonyl (C=O) groups excluding carboxylic acids is 1. The van der Waals surface area contributed by atoms with Gasteiger partial charge in [-0.2, -0.15) is 0 Å². The average molecular weight is 183 g/mol. The van der Waals surface area contributed by atoms with Crippen molar-refractivity contribution in [3.05, 3.63) is 23.8 Å². The molecule has 0 unspecified atom stereocenters. The maximum absolute atomic E-state index is 11.1. The summed E-state index contributed by atoms with van der Waals surface area (Å²) < 4.78 is 0. The minimum atomic E-state index is -0.534. The summed E-state index contributed by atoms with van der Waals surface area (Å²) in [6.07, 6.45) is 0. The predicted molar refractivity (Wildman–Crippen MR) is 44.2 cm³/mol. The van der Waals surface area contributed by atoms with Crippen molar-refractivity contribution in [1.82, 2.24) is 5.48 Å². The van der Waals surface area contributed by atoms with Crippen molar-refractivity contribution in [3.63, 3.8) is 0 Å². The molecule has 0 aliphatic rings. The van der Waals surface area contributed by atoms with Gasteiger partial charge in [0.1, 0.15) is 11.5 Å². The summed E-state index contributed by atoms with van der Waals surface area (Å²) in [6.45, 7) is 0. The fourth-order valence-electron chi connectivity index (χ4n) is 0.878. The van der Waals surface area contributed by atoms with E-state index in [0.29, 0.717) is 0 Å². The minimum absolute atomic E-state index is 0.124. The van der Waals surface area contributed by atoms with E-state index in [0.717, 1.165) is 6.07 Å². The highest BCUT2D eigenvalue weighted by Gasteiger charge is 2.07. The second kappa shape index (κ2) is 3.77. The molecule has 1 aromatic carbocycles. The van der Waals surface area contributed by atoms with Crippen LogP contribution in [0.5, 0.6) is 11.5 Å². The standard InChI is InChI=1S/C8H9NO4/c1-13-9-8(12)5-2-6(10)4-7(11)3-5/h2-4,10-11H,1H3,(H,9,12). The van der Waals surface area contributed by atoms with Crippen LogP contribution in [0.4, 0.5) is 0 Å². The number of aromatic hydroxyl groups is 2. The van der Waals surface area contributed by atoms with Gasteiger partial charge >= 0.3 is 0 Å². The highest BCUT2D eigenvalue weighted by Crippen LogP contribution is 2.19. The van der Waals surface area contributed by atoms with Crippen LogP contribution in [0.25, 0.3) is 0 Å². The van der Waals surface area contributed by atoms with Gasteiger partial charge in [0, 0.05) is 11.6 Å². The van der Waals surface area contributed by atoms with Gasteiger partial charge in [0.2, 0.25) is 0 Å². The van der Waals surface area contributed by atoms with Gasteiger partial charge < -0.3 is 10.2 Å². The number of phenolic OH excluding ortho intramolecular Hbond substituents is 2. The molecule has 1 aromatic rings. The SMILES string of the molecule is CONC(=O)c1cc(O)cc(O)c1. The zero-order chi connectivity index (χ0) is 9.84. The van der Waals surface area contributed by atoms with Crippen LogP contribution in [0.1, 0.15) is 10.4 Å². The summed E-state index contributed by atoms with van der Waals surface area (Å²) in [6, 6.07) is 3.56. The zero-order valence-electron chi connectivity index (χ0n) is 6.94. The van der Waals surface area contributed by atoms with Crippen molar-refractivity contribution in [1.29, 1.82) is 0 Å². The molecule has 5 nitrogen and oxygen atoms in total. The van der Waals surface area contributed by atoms with Gasteiger partial charge in [-0.3, -0.25) is 9.63 Å². The topological polar surface area (TPSA) is 78.8 Å². The van der Waals surface area contributed by atoms with E-state index in [-0.39, 0.29) is 17.1 Å². The fraction of sp³-hybridized carbons (Fsp3) is 0.125. The summed E-state index contributed by atoms with van der Waals surface area (Å²) in [4.78, 5) is 15.5. The lowest BCUT2D eigenvalue weighted by molar-refractivity contribution is 0.0537. The second-order valence-electron chi connectivity index (χ2n) is 2.37. The number of carbonyl (C=O) groups is 1. The third-order valence-corrected chi connectivity index (χ3v) is 1.36. The quantitative estimate of drug-likeness (QED) is 0.579. The summed E-state index contributed by atoms with van der Waals surface area (Å²) in [5, 5.41) is 18.1. The molecule has 70 valence electrons. The van der Waals surface area contributed by atoms with Gasteiger partial charge in [0.15, 0.2) is 0 Å². The summed E-state index contributed by atoms with van der Waals surface area (Å²) in [5.41, 5.74) is 2.18. The highest BCUT2D eigenvalue weighted by atomic mass is 16.6. The molecule has 0 spiro atoms. The Balaban J connectivity index is 2.94. The predicted octanol–water partition coefficient (Wildman–Crippen LogP) is 0.389. The Bertz CT molecular complexity index is 304. The maximum Gasteiger partial charge on any atom is 0.275 e. The molecule has 0 fully saturated rings. The van der Waals surface area contributed by atoms with Crippen LogP contribution >= 0.6 is 0 Å². The fourth-order valence-corrected chi connectivity index (χ4v) is 0.878. The van der Waals surface area contributed by atoms with Crippen LogP contribution in [-0.2, 0) is 4.84 Å². The lowest BCUT2D eigenvalue weighted by Gasteiger charge is -2.02. The van der Waals surface area contributed by atoms with E-state index in [2.05, 4.69) is 10.3 Å². The Morgan fingerprint density at radius 1 is 1.31 bits per heavy atom. The van der Waals surface area contributed by atoms with Gasteiger partial charge in [-0.15, -0.1) is 0 Å². The maximum atomic E-state index is 11.1. The number of rotatable bonds is 2. The molecule has 0 atom stereocenters. The average Bonchev–Trinajstić information content (AvgIpc) is 2.03.